The molecule has 3 heterocycles. The largest absolute Gasteiger partial charge is 0.545 e. The van der Waals surface area contributed by atoms with E-state index in [-0.39, 0.29) is 29.2 Å². The summed E-state index contributed by atoms with van der Waals surface area (Å²) in [5, 5.41) is 11.0. The molecule has 0 aromatic heterocycles. The molecule has 0 spiro atoms. The summed E-state index contributed by atoms with van der Waals surface area (Å²) in [4.78, 5) is 37.4. The number of carboxylic acid groups (broad SMARTS) is 1. The minimum Gasteiger partial charge on any atom is -0.545 e. The molecule has 22 heavy (non-hydrogen) atoms. The zero-order valence-corrected chi connectivity index (χ0v) is 11.7. The molecule has 1 aromatic rings. The lowest BCUT2D eigenvalue weighted by Crippen LogP contribution is -2.38. The highest BCUT2D eigenvalue weighted by Crippen LogP contribution is 2.52. The SMILES string of the molecule is C[C@]12C=C[C@H](O1)[C@H]1C(=O)N(c3cccc(C(=O)[O-])c3)C(=O)[C@@H]12. The third-order valence-corrected chi connectivity index (χ3v) is 4.67. The summed E-state index contributed by atoms with van der Waals surface area (Å²) < 4.78 is 5.73. The van der Waals surface area contributed by atoms with Crippen LogP contribution in [0.25, 0.3) is 0 Å². The quantitative estimate of drug-likeness (QED) is 0.561. The number of amides is 2. The fourth-order valence-corrected chi connectivity index (χ4v) is 3.68. The van der Waals surface area contributed by atoms with Gasteiger partial charge in [-0.05, 0) is 24.6 Å². The number of carbonyl (C=O) groups is 3. The number of carbonyl (C=O) groups excluding carboxylic acids is 3. The Morgan fingerprint density at radius 2 is 2.09 bits per heavy atom. The Labute approximate surface area is 126 Å². The summed E-state index contributed by atoms with van der Waals surface area (Å²) >= 11 is 0. The van der Waals surface area contributed by atoms with E-state index in [4.69, 9.17) is 4.74 Å². The van der Waals surface area contributed by atoms with E-state index in [9.17, 15) is 19.5 Å². The Morgan fingerprint density at radius 1 is 1.32 bits per heavy atom. The second kappa shape index (κ2) is 4.04. The van der Waals surface area contributed by atoms with Gasteiger partial charge in [-0.3, -0.25) is 9.59 Å². The van der Waals surface area contributed by atoms with E-state index < -0.39 is 23.4 Å². The molecule has 6 nitrogen and oxygen atoms in total. The fraction of sp³-hybridized carbons (Fsp3) is 0.312. The molecule has 1 aromatic carbocycles. The first-order chi connectivity index (χ1) is 10.4. The zero-order valence-electron chi connectivity index (χ0n) is 11.7. The van der Waals surface area contributed by atoms with Gasteiger partial charge in [-0.25, -0.2) is 4.90 Å². The molecule has 2 amide bonds. The van der Waals surface area contributed by atoms with E-state index in [0.29, 0.717) is 0 Å². The topological polar surface area (TPSA) is 86.7 Å². The normalized spacial score (nSPS) is 35.3. The van der Waals surface area contributed by atoms with Gasteiger partial charge in [-0.2, -0.15) is 0 Å². The van der Waals surface area contributed by atoms with Crippen molar-refractivity contribution < 1.29 is 24.2 Å². The molecule has 112 valence electrons. The molecule has 0 aliphatic carbocycles. The van der Waals surface area contributed by atoms with Gasteiger partial charge in [-0.1, -0.05) is 24.3 Å². The highest BCUT2D eigenvalue weighted by molar-refractivity contribution is 6.23. The maximum Gasteiger partial charge on any atom is 0.241 e. The Morgan fingerprint density at radius 3 is 2.77 bits per heavy atom. The number of fused-ring (bicyclic) bond motifs is 5. The minimum absolute atomic E-state index is 0.0706. The molecule has 0 N–H and O–H groups in total. The molecular weight excluding hydrogens is 286 g/mol. The third-order valence-electron chi connectivity index (χ3n) is 4.67. The summed E-state index contributed by atoms with van der Waals surface area (Å²) in [5.74, 6) is -3.13. The number of anilines is 1. The van der Waals surface area contributed by atoms with E-state index in [1.807, 2.05) is 12.2 Å². The summed E-state index contributed by atoms with van der Waals surface area (Å²) in [6.45, 7) is 1.79. The van der Waals surface area contributed by atoms with Crippen molar-refractivity contribution in [2.45, 2.75) is 18.6 Å². The lowest BCUT2D eigenvalue weighted by Gasteiger charge is -2.24. The molecule has 4 rings (SSSR count). The van der Waals surface area contributed by atoms with Crippen molar-refractivity contribution >= 4 is 23.5 Å². The van der Waals surface area contributed by atoms with Crippen molar-refractivity contribution in [3.05, 3.63) is 42.0 Å². The number of hydrogen-bond donors (Lipinski definition) is 0. The van der Waals surface area contributed by atoms with Crippen molar-refractivity contribution in [2.75, 3.05) is 4.90 Å². The summed E-state index contributed by atoms with van der Waals surface area (Å²) in [6.07, 6.45) is 3.25. The van der Waals surface area contributed by atoms with Gasteiger partial charge in [0, 0.05) is 0 Å². The smallest absolute Gasteiger partial charge is 0.241 e. The van der Waals surface area contributed by atoms with Gasteiger partial charge in [0.25, 0.3) is 0 Å². The molecule has 6 heteroatoms. The number of hydrogen-bond acceptors (Lipinski definition) is 5. The standard InChI is InChI=1S/C16H13NO5/c1-16-6-5-10(22-16)11-12(16)14(19)17(13(11)18)9-4-2-3-8(7-9)15(20)21/h2-7,10-12H,1H3,(H,20,21)/p-1/t10-,11+,12+,16+/m0/s1. The van der Waals surface area contributed by atoms with Crippen LogP contribution in [-0.2, 0) is 14.3 Å². The molecule has 0 saturated carbocycles. The van der Waals surface area contributed by atoms with Crippen LogP contribution in [0.1, 0.15) is 17.3 Å². The van der Waals surface area contributed by atoms with Crippen LogP contribution in [0.2, 0.25) is 0 Å². The number of nitrogens with zero attached hydrogens (tertiary/aromatic N) is 1. The van der Waals surface area contributed by atoms with Gasteiger partial charge < -0.3 is 14.6 Å². The first kappa shape index (κ1) is 13.2. The van der Waals surface area contributed by atoms with Gasteiger partial charge in [0.05, 0.1) is 35.2 Å². The second-order valence-electron chi connectivity index (χ2n) is 5.98. The van der Waals surface area contributed by atoms with Crippen LogP contribution >= 0.6 is 0 Å². The molecule has 2 fully saturated rings. The van der Waals surface area contributed by atoms with Gasteiger partial charge in [0.15, 0.2) is 0 Å². The number of carboxylic acids is 1. The highest BCUT2D eigenvalue weighted by Gasteiger charge is 2.66. The molecule has 0 unspecified atom stereocenters. The van der Waals surface area contributed by atoms with E-state index >= 15 is 0 Å². The first-order valence-corrected chi connectivity index (χ1v) is 6.99. The van der Waals surface area contributed by atoms with Crippen LogP contribution in [0.3, 0.4) is 0 Å². The summed E-state index contributed by atoms with van der Waals surface area (Å²) in [6, 6.07) is 5.67. The molecular formula is C16H12NO5-. The maximum absolute atomic E-state index is 12.7. The fourth-order valence-electron chi connectivity index (χ4n) is 3.68. The Bertz CT molecular complexity index is 755. The van der Waals surface area contributed by atoms with Crippen molar-refractivity contribution in [1.82, 2.24) is 0 Å². The number of imide groups is 1. The van der Waals surface area contributed by atoms with E-state index in [1.54, 1.807) is 13.0 Å². The van der Waals surface area contributed by atoms with E-state index in [2.05, 4.69) is 0 Å². The van der Waals surface area contributed by atoms with Crippen LogP contribution < -0.4 is 10.0 Å². The zero-order chi connectivity index (χ0) is 15.6. The van der Waals surface area contributed by atoms with Crippen LogP contribution in [0.4, 0.5) is 5.69 Å². The van der Waals surface area contributed by atoms with Crippen LogP contribution in [0.15, 0.2) is 36.4 Å². The Hall–Kier alpha value is -2.47. The van der Waals surface area contributed by atoms with Crippen LogP contribution in [0, 0.1) is 11.8 Å². The minimum atomic E-state index is -1.35. The predicted octanol–water partition coefficient (Wildman–Crippen LogP) is -0.117. The first-order valence-electron chi connectivity index (χ1n) is 6.99. The third kappa shape index (κ3) is 1.50. The lowest BCUT2D eigenvalue weighted by atomic mass is 9.78. The predicted molar refractivity (Wildman–Crippen MR) is 72.7 cm³/mol. The molecule has 0 radical (unpaired) electrons. The van der Waals surface area contributed by atoms with Gasteiger partial charge in [0.2, 0.25) is 11.8 Å². The number of benzene rings is 1. The van der Waals surface area contributed by atoms with Gasteiger partial charge in [-0.15, -0.1) is 0 Å². The highest BCUT2D eigenvalue weighted by atomic mass is 16.5. The molecule has 2 saturated heterocycles. The maximum atomic E-state index is 12.7. The average Bonchev–Trinajstić information content (AvgIpc) is 3.08. The Kier molecular flexibility index (Phi) is 2.43. The van der Waals surface area contributed by atoms with Crippen molar-refractivity contribution in [1.29, 1.82) is 0 Å². The molecule has 2 bridgehead atoms. The number of aromatic carboxylic acids is 1. The van der Waals surface area contributed by atoms with Crippen LogP contribution in [0.5, 0.6) is 0 Å². The lowest BCUT2D eigenvalue weighted by molar-refractivity contribution is -0.255. The van der Waals surface area contributed by atoms with Crippen molar-refractivity contribution in [3.8, 4) is 0 Å². The molecule has 3 aliphatic heterocycles. The van der Waals surface area contributed by atoms with Gasteiger partial charge in [0.1, 0.15) is 0 Å². The van der Waals surface area contributed by atoms with E-state index in [1.165, 1.54) is 18.2 Å². The van der Waals surface area contributed by atoms with Crippen LogP contribution in [-0.4, -0.2) is 29.5 Å². The van der Waals surface area contributed by atoms with Gasteiger partial charge >= 0.3 is 0 Å². The Balaban J connectivity index is 1.77. The van der Waals surface area contributed by atoms with Crippen molar-refractivity contribution in [2.24, 2.45) is 11.8 Å². The van der Waals surface area contributed by atoms with Crippen molar-refractivity contribution in [3.63, 3.8) is 0 Å². The average molecular weight is 298 g/mol. The summed E-state index contributed by atoms with van der Waals surface area (Å²) in [7, 11) is 0. The summed E-state index contributed by atoms with van der Waals surface area (Å²) in [5.41, 5.74) is -0.573. The number of rotatable bonds is 2. The molecule has 3 aliphatic rings. The number of ether oxygens (including phenoxy) is 1. The van der Waals surface area contributed by atoms with E-state index in [0.717, 1.165) is 4.90 Å². The molecule has 4 atom stereocenters. The second-order valence-corrected chi connectivity index (χ2v) is 5.98. The monoisotopic (exact) mass is 298 g/mol.